The molecule has 0 heterocycles. The molecule has 2 aromatic rings. The minimum Gasteiger partial charge on any atom is -0.508 e. The Hall–Kier alpha value is -2.91. The van der Waals surface area contributed by atoms with E-state index >= 15 is 0 Å². The first kappa shape index (κ1) is 19.4. The van der Waals surface area contributed by atoms with E-state index in [1.807, 2.05) is 13.0 Å². The standard InChI is InChI=1S/C20H21N3O2S/c1-14-11-17(6-5-15(14)12-21)22(4)19(25)20(2,3)23(13-26)16-7-9-18(24)10-8-16/h5-11,13,24H,1-4H3. The molecule has 0 saturated heterocycles. The van der Waals surface area contributed by atoms with E-state index in [9.17, 15) is 9.90 Å². The molecule has 0 bridgehead atoms. The number of carbonyl (C=O) groups excluding carboxylic acids is 1. The van der Waals surface area contributed by atoms with Gasteiger partial charge >= 0.3 is 0 Å². The molecule has 0 aliphatic heterocycles. The Balaban J connectivity index is 2.35. The molecule has 0 aliphatic carbocycles. The van der Waals surface area contributed by atoms with Crippen molar-refractivity contribution in [3.05, 3.63) is 53.6 Å². The van der Waals surface area contributed by atoms with Crippen LogP contribution in [0.3, 0.4) is 0 Å². The van der Waals surface area contributed by atoms with E-state index in [4.69, 9.17) is 17.5 Å². The average Bonchev–Trinajstić information content (AvgIpc) is 2.62. The van der Waals surface area contributed by atoms with Gasteiger partial charge in [-0.2, -0.15) is 5.26 Å². The molecule has 2 rings (SSSR count). The van der Waals surface area contributed by atoms with Crippen LogP contribution in [-0.2, 0) is 4.79 Å². The molecule has 0 spiro atoms. The van der Waals surface area contributed by atoms with Gasteiger partial charge in [-0.15, -0.1) is 0 Å². The summed E-state index contributed by atoms with van der Waals surface area (Å²) in [6.45, 7) is 5.42. The summed E-state index contributed by atoms with van der Waals surface area (Å²) in [5.41, 5.74) is 3.29. The van der Waals surface area contributed by atoms with Crippen LogP contribution in [0.15, 0.2) is 42.5 Å². The summed E-state index contributed by atoms with van der Waals surface area (Å²) in [6.07, 6.45) is 0. The van der Waals surface area contributed by atoms with Crippen LogP contribution >= 0.6 is 12.2 Å². The van der Waals surface area contributed by atoms with E-state index < -0.39 is 5.54 Å². The minimum absolute atomic E-state index is 0.146. The van der Waals surface area contributed by atoms with Crippen LogP contribution in [0.4, 0.5) is 11.4 Å². The van der Waals surface area contributed by atoms with E-state index in [1.165, 1.54) is 5.49 Å². The molecule has 0 fully saturated rings. The monoisotopic (exact) mass is 367 g/mol. The fourth-order valence-electron chi connectivity index (χ4n) is 2.74. The van der Waals surface area contributed by atoms with Crippen LogP contribution in [-0.4, -0.2) is 29.1 Å². The molecule has 0 aliphatic rings. The number of amides is 1. The van der Waals surface area contributed by atoms with Crippen molar-refractivity contribution in [3.8, 4) is 11.8 Å². The lowest BCUT2D eigenvalue weighted by molar-refractivity contribution is -0.122. The SMILES string of the molecule is Cc1cc(N(C)C(=O)C(C)(C)N(C=S)c2ccc(O)cc2)ccc1C#N. The van der Waals surface area contributed by atoms with Crippen molar-refractivity contribution in [2.24, 2.45) is 0 Å². The summed E-state index contributed by atoms with van der Waals surface area (Å²) < 4.78 is 0. The summed E-state index contributed by atoms with van der Waals surface area (Å²) in [6, 6.07) is 13.9. The zero-order valence-corrected chi connectivity index (χ0v) is 16.0. The third-order valence-corrected chi connectivity index (χ3v) is 4.59. The highest BCUT2D eigenvalue weighted by Gasteiger charge is 2.37. The Bertz CT molecular complexity index is 870. The number of aryl methyl sites for hydroxylation is 1. The van der Waals surface area contributed by atoms with Crippen molar-refractivity contribution in [2.45, 2.75) is 26.3 Å². The number of aromatic hydroxyl groups is 1. The highest BCUT2D eigenvalue weighted by atomic mass is 32.1. The summed E-state index contributed by atoms with van der Waals surface area (Å²) in [4.78, 5) is 16.4. The van der Waals surface area contributed by atoms with E-state index in [0.29, 0.717) is 16.9 Å². The number of hydrogen-bond donors (Lipinski definition) is 1. The van der Waals surface area contributed by atoms with Gasteiger partial charge in [0, 0.05) is 18.4 Å². The molecule has 1 amide bonds. The Morgan fingerprint density at radius 2 is 1.77 bits per heavy atom. The summed E-state index contributed by atoms with van der Waals surface area (Å²) >= 11 is 5.14. The summed E-state index contributed by atoms with van der Waals surface area (Å²) in [5.74, 6) is -0.0110. The van der Waals surface area contributed by atoms with Crippen LogP contribution in [0.2, 0.25) is 0 Å². The van der Waals surface area contributed by atoms with Gasteiger partial charge in [0.15, 0.2) is 0 Å². The van der Waals surface area contributed by atoms with Crippen molar-refractivity contribution in [1.29, 1.82) is 5.26 Å². The fraction of sp³-hybridized carbons (Fsp3) is 0.250. The fourth-order valence-corrected chi connectivity index (χ4v) is 3.13. The predicted molar refractivity (Wildman–Crippen MR) is 108 cm³/mol. The smallest absolute Gasteiger partial charge is 0.252 e. The normalized spacial score (nSPS) is 10.7. The maximum absolute atomic E-state index is 13.2. The van der Waals surface area contributed by atoms with Gasteiger partial charge in [-0.05, 0) is 68.8 Å². The number of anilines is 2. The van der Waals surface area contributed by atoms with Gasteiger partial charge in [-0.3, -0.25) is 4.79 Å². The van der Waals surface area contributed by atoms with E-state index in [1.54, 1.807) is 67.1 Å². The first-order chi connectivity index (χ1) is 12.2. The molecule has 5 nitrogen and oxygen atoms in total. The third kappa shape index (κ3) is 3.68. The van der Waals surface area contributed by atoms with Crippen LogP contribution in [0.25, 0.3) is 0 Å². The second kappa shape index (κ2) is 7.54. The number of benzene rings is 2. The van der Waals surface area contributed by atoms with Crippen LogP contribution in [0.1, 0.15) is 25.0 Å². The van der Waals surface area contributed by atoms with Gasteiger partial charge in [-0.1, -0.05) is 12.2 Å². The number of phenols is 1. The average molecular weight is 367 g/mol. The number of nitrogens with zero attached hydrogens (tertiary/aromatic N) is 3. The molecule has 0 atom stereocenters. The number of rotatable bonds is 5. The Kier molecular flexibility index (Phi) is 5.63. The highest BCUT2D eigenvalue weighted by molar-refractivity contribution is 7.79. The molecule has 2 aromatic carbocycles. The number of hydrogen-bond acceptors (Lipinski definition) is 4. The van der Waals surface area contributed by atoms with E-state index in [-0.39, 0.29) is 11.7 Å². The second-order valence-corrected chi connectivity index (χ2v) is 6.74. The molecule has 0 unspecified atom stereocenters. The zero-order valence-electron chi connectivity index (χ0n) is 15.2. The Morgan fingerprint density at radius 3 is 2.27 bits per heavy atom. The van der Waals surface area contributed by atoms with Gasteiger partial charge in [0.25, 0.3) is 5.91 Å². The molecule has 134 valence electrons. The molecule has 6 heteroatoms. The first-order valence-corrected chi connectivity index (χ1v) is 8.52. The van der Waals surface area contributed by atoms with Gasteiger partial charge in [0.2, 0.25) is 0 Å². The molecule has 0 aromatic heterocycles. The number of carbonyl (C=O) groups is 1. The van der Waals surface area contributed by atoms with Crippen molar-refractivity contribution in [2.75, 3.05) is 16.8 Å². The maximum Gasteiger partial charge on any atom is 0.252 e. The number of likely N-dealkylation sites (N-methyl/N-ethyl adjacent to an activating group) is 1. The third-order valence-electron chi connectivity index (χ3n) is 4.38. The van der Waals surface area contributed by atoms with Gasteiger partial charge in [0.05, 0.1) is 17.1 Å². The molecular weight excluding hydrogens is 346 g/mol. The quantitative estimate of drug-likeness (QED) is 0.815. The van der Waals surface area contributed by atoms with Gasteiger partial charge in [-0.25, -0.2) is 0 Å². The van der Waals surface area contributed by atoms with Gasteiger partial charge in [0.1, 0.15) is 11.3 Å². The van der Waals surface area contributed by atoms with Crippen LogP contribution in [0.5, 0.6) is 5.75 Å². The van der Waals surface area contributed by atoms with Crippen molar-refractivity contribution in [3.63, 3.8) is 0 Å². The number of thiocarbonyl (C=S) groups is 1. The minimum atomic E-state index is -0.949. The highest BCUT2D eigenvalue weighted by Crippen LogP contribution is 2.28. The first-order valence-electron chi connectivity index (χ1n) is 8.05. The molecular formula is C20H21N3O2S. The second-order valence-electron chi connectivity index (χ2n) is 6.53. The maximum atomic E-state index is 13.2. The Labute approximate surface area is 159 Å². The predicted octanol–water partition coefficient (Wildman–Crippen LogP) is 3.78. The summed E-state index contributed by atoms with van der Waals surface area (Å²) in [7, 11) is 1.70. The lowest BCUT2D eigenvalue weighted by Crippen LogP contribution is -2.55. The number of phenolic OH excluding ortho intramolecular Hbond substituents is 1. The molecule has 0 saturated carbocycles. The number of nitriles is 1. The zero-order chi connectivity index (χ0) is 19.5. The summed E-state index contributed by atoms with van der Waals surface area (Å²) in [5, 5.41) is 18.5. The van der Waals surface area contributed by atoms with Crippen LogP contribution in [0, 0.1) is 18.3 Å². The van der Waals surface area contributed by atoms with E-state index in [2.05, 4.69) is 6.07 Å². The molecule has 26 heavy (non-hydrogen) atoms. The van der Waals surface area contributed by atoms with Crippen LogP contribution < -0.4 is 9.80 Å². The van der Waals surface area contributed by atoms with Crippen molar-refractivity contribution >= 4 is 35.0 Å². The lowest BCUT2D eigenvalue weighted by atomic mass is 9.99. The lowest BCUT2D eigenvalue weighted by Gasteiger charge is -2.38. The Morgan fingerprint density at radius 1 is 1.19 bits per heavy atom. The van der Waals surface area contributed by atoms with E-state index in [0.717, 1.165) is 5.56 Å². The van der Waals surface area contributed by atoms with Gasteiger partial charge < -0.3 is 14.9 Å². The topological polar surface area (TPSA) is 67.6 Å². The van der Waals surface area contributed by atoms with Crippen molar-refractivity contribution < 1.29 is 9.90 Å². The molecule has 0 radical (unpaired) electrons. The molecule has 1 N–H and O–H groups in total. The largest absolute Gasteiger partial charge is 0.508 e. The van der Waals surface area contributed by atoms with Crippen molar-refractivity contribution in [1.82, 2.24) is 0 Å².